The third-order valence-corrected chi connectivity index (χ3v) is 6.59. The third-order valence-electron chi connectivity index (χ3n) is 6.59. The highest BCUT2D eigenvalue weighted by Gasteiger charge is 2.44. The minimum atomic E-state index is 0.0142. The molecule has 0 saturated heterocycles. The number of phenols is 1. The van der Waals surface area contributed by atoms with E-state index in [1.165, 1.54) is 42.4 Å². The maximum atomic E-state index is 11.4. The molecule has 2 aromatic carbocycles. The molecule has 2 N–H and O–H groups in total. The van der Waals surface area contributed by atoms with E-state index < -0.39 is 0 Å². The van der Waals surface area contributed by atoms with Crippen LogP contribution in [0.4, 0.5) is 0 Å². The minimum Gasteiger partial charge on any atom is -0.507 e. The number of nitrogens with one attached hydrogen (secondary N) is 1. The summed E-state index contributed by atoms with van der Waals surface area (Å²) in [5.41, 5.74) is 6.05. The predicted octanol–water partition coefficient (Wildman–Crippen LogP) is 5.57. The van der Waals surface area contributed by atoms with Crippen LogP contribution in [0.3, 0.4) is 0 Å². The molecule has 2 aliphatic carbocycles. The highest BCUT2D eigenvalue weighted by molar-refractivity contribution is 5.59. The van der Waals surface area contributed by atoms with Gasteiger partial charge in [-0.05, 0) is 55.3 Å². The van der Waals surface area contributed by atoms with Crippen LogP contribution in [0.1, 0.15) is 71.4 Å². The van der Waals surface area contributed by atoms with Crippen molar-refractivity contribution in [3.8, 4) is 5.75 Å². The Morgan fingerprint density at radius 2 is 1.88 bits per heavy atom. The first-order valence-electron chi connectivity index (χ1n) is 9.88. The first-order chi connectivity index (χ1) is 12.7. The Labute approximate surface area is 157 Å². The molecule has 0 radical (unpaired) electrons. The highest BCUT2D eigenvalue weighted by atomic mass is 16.3. The lowest BCUT2D eigenvalue weighted by atomic mass is 9.77. The van der Waals surface area contributed by atoms with Gasteiger partial charge >= 0.3 is 0 Å². The Morgan fingerprint density at radius 1 is 1.15 bits per heavy atom. The fourth-order valence-electron chi connectivity index (χ4n) is 5.51. The number of aryl methyl sites for hydroxylation is 1. The molecule has 2 heteroatoms. The van der Waals surface area contributed by atoms with Crippen LogP contribution in [0.25, 0.3) is 0 Å². The van der Waals surface area contributed by atoms with Crippen LogP contribution in [0.2, 0.25) is 0 Å². The molecule has 0 amide bonds. The smallest absolute Gasteiger partial charge is 0.124 e. The van der Waals surface area contributed by atoms with Gasteiger partial charge in [-0.2, -0.15) is 0 Å². The van der Waals surface area contributed by atoms with Crippen LogP contribution < -0.4 is 5.32 Å². The summed E-state index contributed by atoms with van der Waals surface area (Å²) >= 11 is 0. The average Bonchev–Trinajstić information content (AvgIpc) is 3.02. The van der Waals surface area contributed by atoms with Gasteiger partial charge in [-0.1, -0.05) is 55.3 Å². The van der Waals surface area contributed by atoms with Gasteiger partial charge in [0, 0.05) is 23.1 Å². The summed E-state index contributed by atoms with van der Waals surface area (Å²) in [5.74, 6) is 1.70. The number of phenolic OH excluding ortho intramolecular Hbond substituents is 1. The van der Waals surface area contributed by atoms with Crippen LogP contribution in [-0.2, 0) is 0 Å². The number of fused-ring (bicyclic) bond motifs is 3. The molecule has 4 unspecified atom stereocenters. The molecule has 0 spiro atoms. The van der Waals surface area contributed by atoms with Crippen molar-refractivity contribution in [2.45, 2.75) is 50.5 Å². The van der Waals surface area contributed by atoms with Gasteiger partial charge in [0.05, 0.1) is 0 Å². The Hall–Kier alpha value is -2.06. The van der Waals surface area contributed by atoms with Crippen molar-refractivity contribution in [1.82, 2.24) is 5.32 Å². The fraction of sp³-hybridized carbons (Fsp3) is 0.417. The summed E-state index contributed by atoms with van der Waals surface area (Å²) in [6.07, 6.45) is 7.06. The summed E-state index contributed by atoms with van der Waals surface area (Å²) in [4.78, 5) is 0. The second-order valence-electron chi connectivity index (χ2n) is 7.90. The summed E-state index contributed by atoms with van der Waals surface area (Å²) in [6, 6.07) is 12.8. The van der Waals surface area contributed by atoms with Crippen molar-refractivity contribution in [1.29, 1.82) is 0 Å². The zero-order valence-corrected chi connectivity index (χ0v) is 15.8. The van der Waals surface area contributed by atoms with E-state index in [0.717, 1.165) is 11.1 Å². The van der Waals surface area contributed by atoms with Gasteiger partial charge in [-0.15, -0.1) is 6.58 Å². The summed E-state index contributed by atoms with van der Waals surface area (Å²) in [6.45, 7) is 6.28. The van der Waals surface area contributed by atoms with Gasteiger partial charge in [0.25, 0.3) is 0 Å². The van der Waals surface area contributed by atoms with Crippen molar-refractivity contribution < 1.29 is 5.11 Å². The normalized spacial score (nSPS) is 25.4. The SMILES string of the molecule is C=CC(c1ccccc1)c1cc(C)c2c(c1O)C(NC)C1CCCCC21. The van der Waals surface area contributed by atoms with Crippen LogP contribution >= 0.6 is 0 Å². The fourth-order valence-corrected chi connectivity index (χ4v) is 5.51. The van der Waals surface area contributed by atoms with Gasteiger partial charge in [0.1, 0.15) is 5.75 Å². The van der Waals surface area contributed by atoms with Crippen molar-refractivity contribution in [3.63, 3.8) is 0 Å². The summed E-state index contributed by atoms with van der Waals surface area (Å²) in [7, 11) is 2.04. The zero-order chi connectivity index (χ0) is 18.3. The Morgan fingerprint density at radius 3 is 2.58 bits per heavy atom. The lowest BCUT2D eigenvalue weighted by Crippen LogP contribution is -2.25. The molecule has 0 aromatic heterocycles. The lowest BCUT2D eigenvalue weighted by molar-refractivity contribution is 0.269. The molecule has 2 nitrogen and oxygen atoms in total. The standard InChI is InChI=1S/C24H29NO/c1-4-17(16-10-6-5-7-11-16)20-14-15(2)21-18-12-8-9-13-19(18)23(25-3)22(21)24(20)26/h4-7,10-11,14,17-19,23,25-26H,1,8-9,12-13H2,2-3H3. The van der Waals surface area contributed by atoms with Crippen molar-refractivity contribution in [2.24, 2.45) is 5.92 Å². The topological polar surface area (TPSA) is 32.3 Å². The molecule has 4 rings (SSSR count). The molecule has 4 atom stereocenters. The van der Waals surface area contributed by atoms with Gasteiger partial charge < -0.3 is 10.4 Å². The molecular formula is C24H29NO. The number of benzene rings is 2. The molecule has 1 fully saturated rings. The molecule has 2 aromatic rings. The Bertz CT molecular complexity index is 811. The number of hydrogen-bond donors (Lipinski definition) is 2. The van der Waals surface area contributed by atoms with Crippen LogP contribution in [0.5, 0.6) is 5.75 Å². The summed E-state index contributed by atoms with van der Waals surface area (Å²) in [5, 5.41) is 14.9. The molecule has 1 saturated carbocycles. The van der Waals surface area contributed by atoms with Gasteiger partial charge in [0.15, 0.2) is 0 Å². The van der Waals surface area contributed by atoms with Crippen LogP contribution in [-0.4, -0.2) is 12.2 Å². The first-order valence-corrected chi connectivity index (χ1v) is 9.88. The Kier molecular flexibility index (Phi) is 4.62. The number of allylic oxidation sites excluding steroid dienone is 1. The number of hydrogen-bond acceptors (Lipinski definition) is 2. The van der Waals surface area contributed by atoms with E-state index in [1.807, 2.05) is 31.3 Å². The minimum absolute atomic E-state index is 0.0142. The van der Waals surface area contributed by atoms with Crippen molar-refractivity contribution in [3.05, 3.63) is 76.9 Å². The second kappa shape index (κ2) is 6.92. The zero-order valence-electron chi connectivity index (χ0n) is 15.8. The molecular weight excluding hydrogens is 318 g/mol. The maximum Gasteiger partial charge on any atom is 0.124 e. The molecule has 136 valence electrons. The van der Waals surface area contributed by atoms with Crippen molar-refractivity contribution >= 4 is 0 Å². The van der Waals surface area contributed by atoms with E-state index in [0.29, 0.717) is 17.6 Å². The number of aromatic hydroxyl groups is 1. The molecule has 2 aliphatic rings. The van der Waals surface area contributed by atoms with Crippen molar-refractivity contribution in [2.75, 3.05) is 7.05 Å². The van der Waals surface area contributed by atoms with Crippen LogP contribution in [0, 0.1) is 12.8 Å². The van der Waals surface area contributed by atoms with E-state index in [2.05, 4.69) is 37.0 Å². The average molecular weight is 348 g/mol. The quantitative estimate of drug-likeness (QED) is 0.709. The van der Waals surface area contributed by atoms with E-state index >= 15 is 0 Å². The Balaban J connectivity index is 1.88. The number of rotatable bonds is 4. The predicted molar refractivity (Wildman–Crippen MR) is 108 cm³/mol. The molecule has 0 aliphatic heterocycles. The highest BCUT2D eigenvalue weighted by Crippen LogP contribution is 2.57. The van der Waals surface area contributed by atoms with E-state index in [4.69, 9.17) is 0 Å². The second-order valence-corrected chi connectivity index (χ2v) is 7.90. The molecule has 26 heavy (non-hydrogen) atoms. The van der Waals surface area contributed by atoms with Gasteiger partial charge in [-0.3, -0.25) is 0 Å². The maximum absolute atomic E-state index is 11.4. The van der Waals surface area contributed by atoms with Gasteiger partial charge in [0.2, 0.25) is 0 Å². The largest absolute Gasteiger partial charge is 0.507 e. The third kappa shape index (κ3) is 2.59. The van der Waals surface area contributed by atoms with E-state index in [1.54, 1.807) is 0 Å². The van der Waals surface area contributed by atoms with Crippen LogP contribution in [0.15, 0.2) is 49.1 Å². The molecule has 0 heterocycles. The molecule has 0 bridgehead atoms. The van der Waals surface area contributed by atoms with Gasteiger partial charge in [-0.25, -0.2) is 0 Å². The summed E-state index contributed by atoms with van der Waals surface area (Å²) < 4.78 is 0. The lowest BCUT2D eigenvalue weighted by Gasteiger charge is -2.29. The first kappa shape index (κ1) is 17.4. The van der Waals surface area contributed by atoms with E-state index in [9.17, 15) is 5.11 Å². The van der Waals surface area contributed by atoms with E-state index in [-0.39, 0.29) is 12.0 Å². The monoisotopic (exact) mass is 347 g/mol.